The van der Waals surface area contributed by atoms with E-state index in [1.165, 1.54) is 6.20 Å². The van der Waals surface area contributed by atoms with E-state index in [0.29, 0.717) is 6.04 Å². The minimum Gasteiger partial charge on any atom is -0.478 e. The summed E-state index contributed by atoms with van der Waals surface area (Å²) in [5.74, 6) is -0.908. The Balaban J connectivity index is 2.22. The zero-order chi connectivity index (χ0) is 8.81. The molecule has 0 amide bonds. The highest BCUT2D eigenvalue weighted by Gasteiger charge is 2.05. The number of carboxylic acids is 1. The minimum atomic E-state index is -0.908. The quantitative estimate of drug-likeness (QED) is 0.491. The van der Waals surface area contributed by atoms with E-state index in [4.69, 9.17) is 5.11 Å². The number of aliphatic carboxylic acids is 1. The predicted molar refractivity (Wildman–Crippen MR) is 46.7 cm³/mol. The molecule has 3 heteroatoms. The number of hydrogen-bond donors (Lipinski definition) is 2. The lowest BCUT2D eigenvalue weighted by Crippen LogP contribution is -2.24. The number of rotatable bonds is 3. The monoisotopic (exact) mass is 167 g/mol. The molecule has 0 radical (unpaired) electrons. The molecule has 0 aromatic carbocycles. The summed E-state index contributed by atoms with van der Waals surface area (Å²) < 4.78 is 0. The molecule has 0 saturated heterocycles. The van der Waals surface area contributed by atoms with Gasteiger partial charge in [-0.1, -0.05) is 12.2 Å². The third-order valence-electron chi connectivity index (χ3n) is 1.83. The Hall–Kier alpha value is -1.25. The molecule has 1 atom stereocenters. The Morgan fingerprint density at radius 1 is 1.58 bits per heavy atom. The maximum atomic E-state index is 10.1. The summed E-state index contributed by atoms with van der Waals surface area (Å²) in [6.07, 6.45) is 10.1. The second-order valence-corrected chi connectivity index (χ2v) is 2.82. The zero-order valence-electron chi connectivity index (χ0n) is 6.86. The van der Waals surface area contributed by atoms with Crippen molar-refractivity contribution in [3.8, 4) is 0 Å². The van der Waals surface area contributed by atoms with Crippen molar-refractivity contribution in [3.63, 3.8) is 0 Å². The highest BCUT2D eigenvalue weighted by atomic mass is 16.4. The fourth-order valence-electron chi connectivity index (χ4n) is 1.20. The van der Waals surface area contributed by atoms with E-state index >= 15 is 0 Å². The van der Waals surface area contributed by atoms with Crippen LogP contribution in [-0.2, 0) is 4.79 Å². The Labute approximate surface area is 71.8 Å². The molecule has 3 nitrogen and oxygen atoms in total. The molecule has 0 saturated carbocycles. The van der Waals surface area contributed by atoms with Gasteiger partial charge in [-0.25, -0.2) is 4.79 Å². The minimum absolute atomic E-state index is 0.408. The summed E-state index contributed by atoms with van der Waals surface area (Å²) in [5.41, 5.74) is 0. The lowest BCUT2D eigenvalue weighted by Gasteiger charge is -2.17. The van der Waals surface area contributed by atoms with Gasteiger partial charge >= 0.3 is 5.97 Å². The summed E-state index contributed by atoms with van der Waals surface area (Å²) >= 11 is 0. The first-order valence-electron chi connectivity index (χ1n) is 4.09. The summed E-state index contributed by atoms with van der Waals surface area (Å²) in [6, 6.07) is 0.408. The molecular formula is C9H13NO2. The van der Waals surface area contributed by atoms with Crippen LogP contribution in [0, 0.1) is 0 Å². The van der Waals surface area contributed by atoms with Crippen molar-refractivity contribution in [1.29, 1.82) is 0 Å². The zero-order valence-corrected chi connectivity index (χ0v) is 6.86. The molecule has 0 aromatic heterocycles. The van der Waals surface area contributed by atoms with Gasteiger partial charge in [0.2, 0.25) is 0 Å². The van der Waals surface area contributed by atoms with Crippen molar-refractivity contribution in [2.24, 2.45) is 0 Å². The van der Waals surface area contributed by atoms with E-state index in [-0.39, 0.29) is 0 Å². The second-order valence-electron chi connectivity index (χ2n) is 2.82. The van der Waals surface area contributed by atoms with Crippen molar-refractivity contribution in [2.45, 2.75) is 25.3 Å². The maximum absolute atomic E-state index is 10.1. The number of carboxylic acid groups (broad SMARTS) is 1. The Kier molecular flexibility index (Phi) is 3.38. The number of hydrogen-bond acceptors (Lipinski definition) is 2. The van der Waals surface area contributed by atoms with E-state index in [1.54, 1.807) is 0 Å². The first kappa shape index (κ1) is 8.84. The standard InChI is InChI=1S/C9H13NO2/c11-9(12)6-7-10-8-4-2-1-3-5-8/h1-2,6-8,10H,3-5H2,(H,11,12)/b7-6+. The average molecular weight is 167 g/mol. The van der Waals surface area contributed by atoms with Gasteiger partial charge in [0.25, 0.3) is 0 Å². The first-order valence-corrected chi connectivity index (χ1v) is 4.09. The van der Waals surface area contributed by atoms with Crippen LogP contribution in [0.5, 0.6) is 0 Å². The second kappa shape index (κ2) is 4.59. The van der Waals surface area contributed by atoms with Crippen molar-refractivity contribution in [1.82, 2.24) is 5.32 Å². The van der Waals surface area contributed by atoms with E-state index < -0.39 is 5.97 Å². The Morgan fingerprint density at radius 2 is 2.42 bits per heavy atom. The van der Waals surface area contributed by atoms with Gasteiger partial charge in [0.1, 0.15) is 0 Å². The largest absolute Gasteiger partial charge is 0.478 e. The van der Waals surface area contributed by atoms with Crippen LogP contribution >= 0.6 is 0 Å². The first-order chi connectivity index (χ1) is 5.79. The number of carbonyl (C=O) groups is 1. The van der Waals surface area contributed by atoms with Crippen LogP contribution in [0.4, 0.5) is 0 Å². The number of allylic oxidation sites excluding steroid dienone is 1. The van der Waals surface area contributed by atoms with E-state index in [0.717, 1.165) is 25.3 Å². The summed E-state index contributed by atoms with van der Waals surface area (Å²) in [5, 5.41) is 11.3. The van der Waals surface area contributed by atoms with Crippen molar-refractivity contribution in [2.75, 3.05) is 0 Å². The fourth-order valence-corrected chi connectivity index (χ4v) is 1.20. The van der Waals surface area contributed by atoms with E-state index in [1.807, 2.05) is 0 Å². The molecule has 1 rings (SSSR count). The lowest BCUT2D eigenvalue weighted by atomic mass is 10.0. The van der Waals surface area contributed by atoms with E-state index in [2.05, 4.69) is 17.5 Å². The van der Waals surface area contributed by atoms with Gasteiger partial charge in [-0.05, 0) is 19.3 Å². The van der Waals surface area contributed by atoms with Crippen LogP contribution < -0.4 is 5.32 Å². The van der Waals surface area contributed by atoms with Gasteiger partial charge in [-0.2, -0.15) is 0 Å². The van der Waals surface area contributed by atoms with Gasteiger partial charge < -0.3 is 10.4 Å². The molecular weight excluding hydrogens is 154 g/mol. The lowest BCUT2D eigenvalue weighted by molar-refractivity contribution is -0.131. The van der Waals surface area contributed by atoms with Crippen LogP contribution in [0.15, 0.2) is 24.4 Å². The van der Waals surface area contributed by atoms with E-state index in [9.17, 15) is 4.79 Å². The van der Waals surface area contributed by atoms with Gasteiger partial charge in [-0.15, -0.1) is 0 Å². The van der Waals surface area contributed by atoms with Gasteiger partial charge in [0, 0.05) is 18.3 Å². The number of nitrogens with one attached hydrogen (secondary N) is 1. The maximum Gasteiger partial charge on any atom is 0.329 e. The van der Waals surface area contributed by atoms with Crippen molar-refractivity contribution < 1.29 is 9.90 Å². The van der Waals surface area contributed by atoms with Gasteiger partial charge in [-0.3, -0.25) is 0 Å². The SMILES string of the molecule is O=C(O)/C=C/NC1CC=CCC1. The molecule has 1 aliphatic carbocycles. The highest BCUT2D eigenvalue weighted by molar-refractivity contribution is 5.79. The molecule has 0 spiro atoms. The van der Waals surface area contributed by atoms with Crippen molar-refractivity contribution >= 4 is 5.97 Å². The van der Waals surface area contributed by atoms with Crippen LogP contribution in [0.25, 0.3) is 0 Å². The molecule has 2 N–H and O–H groups in total. The molecule has 0 fully saturated rings. The fraction of sp³-hybridized carbons (Fsp3) is 0.444. The molecule has 66 valence electrons. The molecule has 0 bridgehead atoms. The average Bonchev–Trinajstić information content (AvgIpc) is 2.05. The third-order valence-corrected chi connectivity index (χ3v) is 1.83. The highest BCUT2D eigenvalue weighted by Crippen LogP contribution is 2.09. The molecule has 1 unspecified atom stereocenters. The smallest absolute Gasteiger partial charge is 0.329 e. The molecule has 12 heavy (non-hydrogen) atoms. The summed E-state index contributed by atoms with van der Waals surface area (Å²) in [4.78, 5) is 10.1. The molecule has 0 heterocycles. The molecule has 0 aliphatic heterocycles. The normalized spacial score (nSPS) is 22.8. The Morgan fingerprint density at radius 3 is 3.00 bits per heavy atom. The molecule has 1 aliphatic rings. The summed E-state index contributed by atoms with van der Waals surface area (Å²) in [7, 11) is 0. The third kappa shape index (κ3) is 3.23. The predicted octanol–water partition coefficient (Wildman–Crippen LogP) is 1.28. The van der Waals surface area contributed by atoms with Crippen LogP contribution in [0.3, 0.4) is 0 Å². The van der Waals surface area contributed by atoms with Gasteiger partial charge in [0.15, 0.2) is 0 Å². The molecule has 0 aromatic rings. The topological polar surface area (TPSA) is 49.3 Å². The van der Waals surface area contributed by atoms with Crippen LogP contribution in [-0.4, -0.2) is 17.1 Å². The Bertz CT molecular complexity index is 209. The van der Waals surface area contributed by atoms with Gasteiger partial charge in [0.05, 0.1) is 0 Å². The van der Waals surface area contributed by atoms with Crippen molar-refractivity contribution in [3.05, 3.63) is 24.4 Å². The van der Waals surface area contributed by atoms with Crippen LogP contribution in [0.1, 0.15) is 19.3 Å². The summed E-state index contributed by atoms with van der Waals surface area (Å²) in [6.45, 7) is 0. The van der Waals surface area contributed by atoms with Crippen LogP contribution in [0.2, 0.25) is 0 Å².